The zero-order valence-corrected chi connectivity index (χ0v) is 61.0. The number of benzene rings is 2. The Kier molecular flexibility index (Phi) is 57.4. The van der Waals surface area contributed by atoms with Crippen LogP contribution in [0.5, 0.6) is 0 Å². The summed E-state index contributed by atoms with van der Waals surface area (Å²) in [6.07, 6.45) is 34.9. The fourth-order valence-corrected chi connectivity index (χ4v) is 64.0. The van der Waals surface area contributed by atoms with Crippen LogP contribution in [0.3, 0.4) is 0 Å². The Hall–Kier alpha value is 2.65. The predicted molar refractivity (Wildman–Crippen MR) is 390 cm³/mol. The molecule has 2 aromatic rings. The topological polar surface area (TPSA) is 72.2 Å². The summed E-state index contributed by atoms with van der Waals surface area (Å²) in [6, 6.07) is 12.3. The number of amides is 1. The number of allylic oxidation sites excluding steroid dienone is 2. The van der Waals surface area contributed by atoms with E-state index in [1.165, 1.54) is 136 Å². The lowest BCUT2D eigenvalue weighted by Crippen LogP contribution is -2.11. The van der Waals surface area contributed by atoms with Gasteiger partial charge in [0.25, 0.3) is 0 Å². The van der Waals surface area contributed by atoms with Gasteiger partial charge in [-0.25, -0.2) is 0 Å². The third kappa shape index (κ3) is 47.5. The first-order valence-electron chi connectivity index (χ1n) is 22.8. The average Bonchev–Trinajstić information content (AvgIpc) is 4.06. The summed E-state index contributed by atoms with van der Waals surface area (Å²) in [7, 11) is 40.0. The highest BCUT2D eigenvalue weighted by Crippen LogP contribution is 2.24. The SMILES string of the molecule is CCCCCCCCCCCC(=O)Cl.CCCCCCCCCCCC(=O)Nc1ccc2c(c1)C=CC2.Nc1ccc2c(c1)C=CC2.S=S=S=S=S=S=S=S=S=S=S=S=S=S=S=S=S=S=S=S=S=S=S=S=S. The number of rotatable bonds is 21. The number of nitrogens with two attached hydrogens (primary N) is 1. The highest BCUT2D eigenvalue weighted by Gasteiger charge is 2.08. The van der Waals surface area contributed by atoms with Crippen LogP contribution in [-0.2, 0) is 249 Å². The van der Waals surface area contributed by atoms with Crippen LogP contribution in [0.25, 0.3) is 12.2 Å². The molecule has 3 N–H and O–H groups in total. The molecular formula is C42H63ClN2O2S25. The highest BCUT2D eigenvalue weighted by molar-refractivity contribution is 8.79. The van der Waals surface area contributed by atoms with Crippen molar-refractivity contribution in [2.45, 2.75) is 155 Å². The molecule has 0 saturated carbocycles. The smallest absolute Gasteiger partial charge is 0.224 e. The number of halogens is 1. The minimum absolute atomic E-state index is 0.148. The second kappa shape index (κ2) is 56.9. The van der Waals surface area contributed by atoms with Crippen LogP contribution in [0.1, 0.15) is 165 Å². The molecule has 4 rings (SSSR count). The molecule has 2 aliphatic rings. The van der Waals surface area contributed by atoms with Crippen LogP contribution < -0.4 is 11.1 Å². The molecule has 0 aromatic heterocycles. The fraction of sp³-hybridized carbons (Fsp3) is 0.571. The van der Waals surface area contributed by atoms with Gasteiger partial charge in [-0.15, -0.1) is 0 Å². The van der Waals surface area contributed by atoms with Gasteiger partial charge in [0.15, 0.2) is 0 Å². The van der Waals surface area contributed by atoms with Crippen molar-refractivity contribution in [1.82, 2.24) is 0 Å². The van der Waals surface area contributed by atoms with Crippen molar-refractivity contribution >= 4 is 273 Å². The van der Waals surface area contributed by atoms with Crippen molar-refractivity contribution < 1.29 is 9.59 Å². The molecule has 0 radical (unpaired) electrons. The Balaban J connectivity index is 0.000000505. The van der Waals surface area contributed by atoms with E-state index in [9.17, 15) is 9.59 Å². The van der Waals surface area contributed by atoms with Gasteiger partial charge >= 0.3 is 0 Å². The third-order valence-electron chi connectivity index (χ3n) is 9.47. The summed E-state index contributed by atoms with van der Waals surface area (Å²) in [5.41, 5.74) is 12.6. The van der Waals surface area contributed by atoms with Crippen molar-refractivity contribution in [2.75, 3.05) is 11.1 Å². The predicted octanol–water partition coefficient (Wildman–Crippen LogP) is 12.6. The van der Waals surface area contributed by atoms with Crippen LogP contribution in [-0.4, -0.2) is 11.1 Å². The number of fused-ring (bicyclic) bond motifs is 2. The Morgan fingerprint density at radius 1 is 0.472 bits per heavy atom. The molecule has 72 heavy (non-hydrogen) atoms. The Morgan fingerprint density at radius 2 is 0.806 bits per heavy atom. The number of hydrogen-bond acceptors (Lipinski definition) is 5. The lowest BCUT2D eigenvalue weighted by atomic mass is 10.1. The second-order valence-corrected chi connectivity index (χ2v) is 55.8. The van der Waals surface area contributed by atoms with Gasteiger partial charge in [0.2, 0.25) is 11.1 Å². The molecule has 4 nitrogen and oxygen atoms in total. The van der Waals surface area contributed by atoms with Crippen LogP contribution >= 0.6 is 11.6 Å². The van der Waals surface area contributed by atoms with Crippen LogP contribution in [0.4, 0.5) is 11.4 Å². The number of nitrogens with one attached hydrogen (secondary N) is 1. The fourth-order valence-electron chi connectivity index (χ4n) is 6.23. The zero-order valence-electron chi connectivity index (χ0n) is 39.8. The quantitative estimate of drug-likeness (QED) is 0.0740. The van der Waals surface area contributed by atoms with Gasteiger partial charge in [0.1, 0.15) is 0 Å². The molecule has 0 fully saturated rings. The summed E-state index contributed by atoms with van der Waals surface area (Å²) >= 11 is 14.8. The van der Waals surface area contributed by atoms with E-state index in [4.69, 9.17) is 39.7 Å². The molecule has 0 bridgehead atoms. The summed E-state index contributed by atoms with van der Waals surface area (Å²) in [5.74, 6) is 0.148. The standard InChI is InChI=1S/C21H31NO.C12H23ClO.C9H9N.S25/c1-2-3-4-5-6-7-8-9-10-14-21(23)22-20-16-15-18-12-11-13-19(18)17-20;1-2-3-4-5-6-7-8-9-10-11-12(13)14;10-9-5-4-7-2-1-3-8(7)6-9;1-3-5-7-9-11-13-15-17-19-21-23-25-24-22-20-18-16-14-12-10-8-6-4-2/h11,13,15-17H,2-10,12,14H2,1H3,(H,22,23);2-11H2,1H3;1,3-6H,2,10H2;. The van der Waals surface area contributed by atoms with Gasteiger partial charge in [0.05, 0.1) is 0 Å². The first-order chi connectivity index (χ1) is 35.3. The molecule has 410 valence electrons. The van der Waals surface area contributed by atoms with E-state index < -0.39 is 0 Å². The molecule has 1 amide bonds. The number of unbranched alkanes of at least 4 members (excludes halogenated alkanes) is 16. The molecule has 0 atom stereocenters. The normalized spacial score (nSPS) is 10.5. The maximum Gasteiger partial charge on any atom is 0.224 e. The molecule has 30 heteroatoms. The van der Waals surface area contributed by atoms with E-state index in [1.54, 1.807) is 124 Å². The third-order valence-corrected chi connectivity index (χ3v) is 58.5. The lowest BCUT2D eigenvalue weighted by molar-refractivity contribution is -0.116. The minimum atomic E-state index is -0.187. The molecule has 0 unspecified atom stereocenters. The summed E-state index contributed by atoms with van der Waals surface area (Å²) < 4.78 is 0. The second-order valence-electron chi connectivity index (χ2n) is 14.7. The summed E-state index contributed by atoms with van der Waals surface area (Å²) in [4.78, 5) is 22.4. The van der Waals surface area contributed by atoms with Gasteiger partial charge in [-0.05, 0) is 83.8 Å². The molecule has 0 saturated heterocycles. The minimum Gasteiger partial charge on any atom is -0.399 e. The average molecular weight is 1470 g/mol. The van der Waals surface area contributed by atoms with E-state index in [0.29, 0.717) is 12.8 Å². The summed E-state index contributed by atoms with van der Waals surface area (Å²) in [5, 5.41) is 2.84. The molecule has 2 aliphatic carbocycles. The van der Waals surface area contributed by atoms with Crippen molar-refractivity contribution in [3.05, 3.63) is 70.8 Å². The van der Waals surface area contributed by atoms with E-state index in [0.717, 1.165) is 43.5 Å². The van der Waals surface area contributed by atoms with Crippen molar-refractivity contribution in [3.8, 4) is 0 Å². The maximum absolute atomic E-state index is 12.0. The molecule has 0 aliphatic heterocycles. The van der Waals surface area contributed by atoms with E-state index in [2.05, 4.69) is 61.7 Å². The monoisotopic (exact) mass is 1460 g/mol. The summed E-state index contributed by atoms with van der Waals surface area (Å²) in [6.45, 7) is 4.49. The first-order valence-corrected chi connectivity index (χ1v) is 55.1. The molecule has 0 spiro atoms. The Bertz CT molecular complexity index is 3000. The van der Waals surface area contributed by atoms with E-state index >= 15 is 0 Å². The van der Waals surface area contributed by atoms with Gasteiger partial charge in [0, 0.05) is 251 Å². The number of anilines is 2. The van der Waals surface area contributed by atoms with E-state index in [1.807, 2.05) is 80.4 Å². The van der Waals surface area contributed by atoms with Crippen LogP contribution in [0, 0.1) is 0 Å². The lowest BCUT2D eigenvalue weighted by Gasteiger charge is -2.07. The molecule has 0 heterocycles. The number of carbonyl (C=O) groups excluding carboxylic acids is 2. The Morgan fingerprint density at radius 3 is 1.18 bits per heavy atom. The highest BCUT2D eigenvalue weighted by atomic mass is 35.5. The van der Waals surface area contributed by atoms with Gasteiger partial charge in [-0.1, -0.05) is 153 Å². The van der Waals surface area contributed by atoms with Crippen LogP contribution in [0.2, 0.25) is 0 Å². The van der Waals surface area contributed by atoms with E-state index in [-0.39, 0.29) is 11.1 Å². The first kappa shape index (κ1) is 72.7. The number of nitrogen functional groups attached to an aromatic ring is 1. The maximum atomic E-state index is 12.0. The van der Waals surface area contributed by atoms with Gasteiger partial charge in [-0.3, -0.25) is 9.59 Å². The zero-order chi connectivity index (χ0) is 52.2. The number of hydrogen-bond donors (Lipinski definition) is 2. The number of carbonyl (C=O) groups is 2. The van der Waals surface area contributed by atoms with Crippen LogP contribution in [0.15, 0.2) is 48.6 Å². The van der Waals surface area contributed by atoms with Crippen molar-refractivity contribution in [1.29, 1.82) is 0 Å². The Labute approximate surface area is 511 Å². The largest absolute Gasteiger partial charge is 0.399 e. The van der Waals surface area contributed by atoms with Crippen molar-refractivity contribution in [2.24, 2.45) is 0 Å². The van der Waals surface area contributed by atoms with Gasteiger partial charge in [-0.2, -0.15) is 0 Å². The van der Waals surface area contributed by atoms with Gasteiger partial charge < -0.3 is 11.1 Å². The van der Waals surface area contributed by atoms with Crippen molar-refractivity contribution in [3.63, 3.8) is 0 Å². The molecular weight excluding hydrogens is 1400 g/mol. The molecule has 2 aromatic carbocycles.